The van der Waals surface area contributed by atoms with Crippen molar-refractivity contribution in [3.05, 3.63) is 71.8 Å². The number of nitrogens with one attached hydrogen (secondary N) is 1. The fraction of sp³-hybridized carbons (Fsp3) is 0.154. The van der Waals surface area contributed by atoms with Gasteiger partial charge in [0.15, 0.2) is 5.71 Å². The van der Waals surface area contributed by atoms with Gasteiger partial charge in [0.05, 0.1) is 17.1 Å². The van der Waals surface area contributed by atoms with Crippen LogP contribution in [0.1, 0.15) is 24.5 Å². The quantitative estimate of drug-likeness (QED) is 0.193. The maximum Gasteiger partial charge on any atom is 0.511 e. The van der Waals surface area contributed by atoms with Crippen LogP contribution < -0.4 is 15.2 Å². The number of carbonyl (C=O) groups excluding carboxylic acids is 1. The van der Waals surface area contributed by atoms with Crippen LogP contribution in [0.3, 0.4) is 0 Å². The third-order valence-electron chi connectivity index (χ3n) is 5.63. The van der Waals surface area contributed by atoms with Crippen molar-refractivity contribution in [2.24, 2.45) is 10.2 Å². The van der Waals surface area contributed by atoms with Gasteiger partial charge in [-0.25, -0.2) is 4.79 Å². The fourth-order valence-electron chi connectivity index (χ4n) is 3.63. The minimum absolute atomic E-state index is 0.115. The zero-order valence-corrected chi connectivity index (χ0v) is 19.4. The van der Waals surface area contributed by atoms with E-state index in [1.807, 2.05) is 39.0 Å². The molecule has 1 heterocycles. The third kappa shape index (κ3) is 4.84. The van der Waals surface area contributed by atoms with E-state index in [0.29, 0.717) is 28.9 Å². The number of ether oxygens (including phenoxy) is 1. The van der Waals surface area contributed by atoms with Gasteiger partial charge in [0.1, 0.15) is 11.5 Å². The zero-order valence-electron chi connectivity index (χ0n) is 19.4. The van der Waals surface area contributed by atoms with E-state index in [1.54, 1.807) is 30.3 Å². The van der Waals surface area contributed by atoms with Crippen molar-refractivity contribution < 1.29 is 24.5 Å². The van der Waals surface area contributed by atoms with Crippen LogP contribution in [0.4, 0.5) is 16.2 Å². The van der Waals surface area contributed by atoms with E-state index in [-0.39, 0.29) is 28.8 Å². The summed E-state index contributed by atoms with van der Waals surface area (Å²) in [6, 6.07) is 17.0. The third-order valence-corrected chi connectivity index (χ3v) is 5.63. The summed E-state index contributed by atoms with van der Waals surface area (Å²) in [5.41, 5.74) is 7.54. The summed E-state index contributed by atoms with van der Waals surface area (Å²) in [5, 5.41) is 29.7. The molecule has 3 aromatic carbocycles. The number of aromatic hydroxyl groups is 1. The summed E-state index contributed by atoms with van der Waals surface area (Å²) >= 11 is 0. The molecule has 4 rings (SSSR count). The monoisotopic (exact) mass is 472 g/mol. The molecule has 0 unspecified atom stereocenters. The van der Waals surface area contributed by atoms with Gasteiger partial charge >= 0.3 is 12.1 Å². The van der Waals surface area contributed by atoms with Crippen molar-refractivity contribution in [3.8, 4) is 22.6 Å². The lowest BCUT2D eigenvalue weighted by atomic mass is 10.0. The average molecular weight is 473 g/mol. The Labute approximate surface area is 202 Å². The molecule has 1 amide bonds. The Bertz CT molecular complexity index is 1380. The van der Waals surface area contributed by atoms with Gasteiger partial charge in [-0.1, -0.05) is 37.3 Å². The second-order valence-corrected chi connectivity index (χ2v) is 7.96. The first-order valence-electron chi connectivity index (χ1n) is 10.9. The smallest absolute Gasteiger partial charge is 0.505 e. The Kier molecular flexibility index (Phi) is 6.50. The van der Waals surface area contributed by atoms with Gasteiger partial charge in [-0.2, -0.15) is 15.2 Å². The number of para-hydroxylation sites is 1. The highest BCUT2D eigenvalue weighted by atomic mass is 16.7. The van der Waals surface area contributed by atoms with E-state index in [4.69, 9.17) is 9.84 Å². The van der Waals surface area contributed by atoms with E-state index >= 15 is 0 Å². The maximum atomic E-state index is 13.1. The van der Waals surface area contributed by atoms with E-state index in [2.05, 4.69) is 15.6 Å². The zero-order chi connectivity index (χ0) is 25.1. The minimum Gasteiger partial charge on any atom is -0.505 e. The summed E-state index contributed by atoms with van der Waals surface area (Å²) in [5.74, 6) is -0.359. The predicted molar refractivity (Wildman–Crippen MR) is 134 cm³/mol. The Morgan fingerprint density at radius 1 is 1.09 bits per heavy atom. The minimum atomic E-state index is -1.43. The number of phenols is 1. The van der Waals surface area contributed by atoms with Gasteiger partial charge in [0.2, 0.25) is 0 Å². The number of hydrazone groups is 2. The highest BCUT2D eigenvalue weighted by Crippen LogP contribution is 2.36. The fourth-order valence-corrected chi connectivity index (χ4v) is 3.63. The van der Waals surface area contributed by atoms with Gasteiger partial charge in [-0.05, 0) is 67.3 Å². The van der Waals surface area contributed by atoms with Crippen LogP contribution in [-0.4, -0.2) is 33.7 Å². The molecule has 0 aliphatic carbocycles. The lowest BCUT2D eigenvalue weighted by Crippen LogP contribution is -2.28. The van der Waals surface area contributed by atoms with Gasteiger partial charge < -0.3 is 14.9 Å². The first kappa shape index (κ1) is 23.5. The maximum absolute atomic E-state index is 13.1. The molecule has 0 saturated heterocycles. The standard InChI is InChI=1S/C26H24N4O5/c1-4-21-23(25(32)30(29-21)18-12-11-15(2)16(3)13-18)28-27-22-10-6-9-20(24(22)31)17-7-5-8-19(14-17)35-26(33)34/h5-14,27,31H,4H2,1-3H3,(H,33,34). The lowest BCUT2D eigenvalue weighted by Gasteiger charge is -2.13. The lowest BCUT2D eigenvalue weighted by molar-refractivity contribution is -0.112. The number of hydrogen-bond donors (Lipinski definition) is 3. The van der Waals surface area contributed by atoms with Crippen LogP contribution in [0.15, 0.2) is 70.9 Å². The number of anilines is 2. The number of phenolic OH excluding ortho intramolecular Hbond substituents is 1. The molecule has 1 aliphatic rings. The highest BCUT2D eigenvalue weighted by molar-refractivity contribution is 6.71. The number of carboxylic acid groups (broad SMARTS) is 1. The summed E-state index contributed by atoms with van der Waals surface area (Å²) < 4.78 is 4.70. The Morgan fingerprint density at radius 3 is 2.57 bits per heavy atom. The van der Waals surface area contributed by atoms with Crippen LogP contribution in [0, 0.1) is 13.8 Å². The summed E-state index contributed by atoms with van der Waals surface area (Å²) in [7, 11) is 0. The predicted octanol–water partition coefficient (Wildman–Crippen LogP) is 5.31. The molecule has 3 aromatic rings. The topological polar surface area (TPSA) is 124 Å². The largest absolute Gasteiger partial charge is 0.511 e. The van der Waals surface area contributed by atoms with Crippen molar-refractivity contribution in [2.75, 3.05) is 10.4 Å². The molecule has 0 radical (unpaired) electrons. The van der Waals surface area contributed by atoms with Crippen LogP contribution in [0.2, 0.25) is 0 Å². The first-order valence-corrected chi connectivity index (χ1v) is 10.9. The molecule has 0 atom stereocenters. The molecule has 9 nitrogen and oxygen atoms in total. The number of amides is 1. The number of carbonyl (C=O) groups is 2. The molecule has 0 bridgehead atoms. The normalized spacial score (nSPS) is 14.3. The summed E-state index contributed by atoms with van der Waals surface area (Å²) in [6.45, 7) is 5.86. The molecule has 0 spiro atoms. The summed E-state index contributed by atoms with van der Waals surface area (Å²) in [4.78, 5) is 23.9. The molecule has 0 fully saturated rings. The number of nitrogens with zero attached hydrogens (tertiary/aromatic N) is 3. The Morgan fingerprint density at radius 2 is 1.86 bits per heavy atom. The van der Waals surface area contributed by atoms with Crippen molar-refractivity contribution >= 4 is 34.9 Å². The van der Waals surface area contributed by atoms with Crippen molar-refractivity contribution in [1.29, 1.82) is 0 Å². The second kappa shape index (κ2) is 9.68. The second-order valence-electron chi connectivity index (χ2n) is 7.96. The molecule has 178 valence electrons. The van der Waals surface area contributed by atoms with E-state index in [0.717, 1.165) is 11.1 Å². The molecular formula is C26H24N4O5. The van der Waals surface area contributed by atoms with Crippen molar-refractivity contribution in [2.45, 2.75) is 27.2 Å². The number of benzene rings is 3. The SMILES string of the molecule is CCC1=NN(c2ccc(C)c(C)c2)C(=O)C1=NNc1cccc(-c2cccc(OC(=O)O)c2)c1O. The molecule has 9 heteroatoms. The van der Waals surface area contributed by atoms with Crippen LogP contribution in [0.25, 0.3) is 11.1 Å². The van der Waals surface area contributed by atoms with Gasteiger partial charge in [0.25, 0.3) is 0 Å². The van der Waals surface area contributed by atoms with E-state index < -0.39 is 6.16 Å². The molecule has 1 aliphatic heterocycles. The molecule has 3 N–H and O–H groups in total. The van der Waals surface area contributed by atoms with Crippen molar-refractivity contribution in [1.82, 2.24) is 0 Å². The average Bonchev–Trinajstić information content (AvgIpc) is 3.15. The van der Waals surface area contributed by atoms with Crippen molar-refractivity contribution in [3.63, 3.8) is 0 Å². The van der Waals surface area contributed by atoms with Gasteiger partial charge in [0, 0.05) is 5.56 Å². The van der Waals surface area contributed by atoms with E-state index in [9.17, 15) is 14.7 Å². The molecule has 35 heavy (non-hydrogen) atoms. The number of rotatable bonds is 6. The van der Waals surface area contributed by atoms with Gasteiger partial charge in [-0.3, -0.25) is 10.2 Å². The summed E-state index contributed by atoms with van der Waals surface area (Å²) in [6.07, 6.45) is -0.933. The molecule has 0 saturated carbocycles. The van der Waals surface area contributed by atoms with Crippen LogP contribution >= 0.6 is 0 Å². The Balaban J connectivity index is 1.61. The van der Waals surface area contributed by atoms with Crippen LogP contribution in [0.5, 0.6) is 11.5 Å². The highest BCUT2D eigenvalue weighted by Gasteiger charge is 2.32. The van der Waals surface area contributed by atoms with E-state index in [1.165, 1.54) is 17.1 Å². The number of aryl methyl sites for hydroxylation is 2. The van der Waals surface area contributed by atoms with Gasteiger partial charge in [-0.15, -0.1) is 0 Å². The number of hydrogen-bond acceptors (Lipinski definition) is 7. The first-order chi connectivity index (χ1) is 16.8. The molecule has 0 aromatic heterocycles. The van der Waals surface area contributed by atoms with Crippen LogP contribution in [-0.2, 0) is 4.79 Å². The molecular weight excluding hydrogens is 448 g/mol. The Hall–Kier alpha value is -4.66.